The number of amides is 2. The van der Waals surface area contributed by atoms with Crippen LogP contribution in [0.2, 0.25) is 0 Å². The van der Waals surface area contributed by atoms with Gasteiger partial charge in [-0.15, -0.1) is 10.2 Å². The molecule has 1 fully saturated rings. The Bertz CT molecular complexity index is 1280. The summed E-state index contributed by atoms with van der Waals surface area (Å²) in [5.41, 5.74) is -1.82. The maximum Gasteiger partial charge on any atom is 0.413 e. The molecular weight excluding hydrogens is 507 g/mol. The molecule has 2 aromatic carbocycles. The number of rotatable bonds is 8. The van der Waals surface area contributed by atoms with Crippen LogP contribution in [0, 0.1) is 11.6 Å². The van der Waals surface area contributed by atoms with Crippen LogP contribution >= 0.6 is 11.3 Å². The van der Waals surface area contributed by atoms with E-state index in [1.54, 1.807) is 6.07 Å². The zero-order chi connectivity index (χ0) is 26.3. The summed E-state index contributed by atoms with van der Waals surface area (Å²) in [6, 6.07) is 6.69. The third-order valence-electron chi connectivity index (χ3n) is 6.00. The number of likely N-dealkylation sites (N-methyl/N-ethyl adjacent to an activating group) is 1. The Kier molecular flexibility index (Phi) is 6.69. The van der Waals surface area contributed by atoms with E-state index in [2.05, 4.69) is 10.2 Å². The van der Waals surface area contributed by atoms with Crippen molar-refractivity contribution in [3.05, 3.63) is 64.7 Å². The fourth-order valence-corrected chi connectivity index (χ4v) is 4.88. The van der Waals surface area contributed by atoms with Crippen LogP contribution in [0.25, 0.3) is 10.6 Å². The summed E-state index contributed by atoms with van der Waals surface area (Å²) in [6.07, 6.45) is -4.09. The lowest BCUT2D eigenvalue weighted by atomic mass is 10.0. The summed E-state index contributed by atoms with van der Waals surface area (Å²) in [7, 11) is 1.05. The zero-order valence-electron chi connectivity index (χ0n) is 18.7. The third-order valence-corrected chi connectivity index (χ3v) is 6.94. The SMILES string of the molecule is CN(C(=O)C1(N(C=O)Cc2nnc(-c3ccc(F)c(O)c3F)s2)CC1)C(c1ccccc1)C(F)(F)F. The maximum absolute atomic E-state index is 14.2. The van der Waals surface area contributed by atoms with E-state index in [0.29, 0.717) is 11.3 Å². The standard InChI is InChI=1S/C23H19F5N4O3S/c1-31(19(23(26,27)28)13-5-3-2-4-6-13)21(35)22(9-10-22)32(12-33)11-16-29-30-20(36-16)14-7-8-15(24)18(34)17(14)25/h2-8,12,19,34H,9-11H2,1H3. The number of halogens is 5. The van der Waals surface area contributed by atoms with Gasteiger partial charge in [0.25, 0.3) is 0 Å². The number of aromatic nitrogens is 2. The first-order chi connectivity index (χ1) is 17.0. The maximum atomic E-state index is 14.2. The van der Waals surface area contributed by atoms with Crippen molar-refractivity contribution in [2.45, 2.75) is 37.1 Å². The van der Waals surface area contributed by atoms with Crippen LogP contribution in [0.5, 0.6) is 5.75 Å². The molecule has 1 heterocycles. The van der Waals surface area contributed by atoms with Gasteiger partial charge in [-0.2, -0.15) is 13.2 Å². The summed E-state index contributed by atoms with van der Waals surface area (Å²) in [6.45, 7) is -0.266. The first-order valence-corrected chi connectivity index (χ1v) is 11.4. The fourth-order valence-electron chi connectivity index (χ4n) is 4.02. The molecule has 0 spiro atoms. The molecule has 1 atom stereocenters. The van der Waals surface area contributed by atoms with Gasteiger partial charge in [-0.05, 0) is 30.5 Å². The number of alkyl halides is 3. The fraction of sp³-hybridized carbons (Fsp3) is 0.304. The topological polar surface area (TPSA) is 86.6 Å². The van der Waals surface area contributed by atoms with Gasteiger partial charge >= 0.3 is 6.18 Å². The molecule has 2 amide bonds. The van der Waals surface area contributed by atoms with Crippen LogP contribution in [0.4, 0.5) is 22.0 Å². The summed E-state index contributed by atoms with van der Waals surface area (Å²) in [5, 5.41) is 17.3. The summed E-state index contributed by atoms with van der Waals surface area (Å²) >= 11 is 0.829. The first-order valence-electron chi connectivity index (χ1n) is 10.6. The van der Waals surface area contributed by atoms with Crippen LogP contribution in [0.3, 0.4) is 0 Å². The molecule has 4 rings (SSSR count). The zero-order valence-corrected chi connectivity index (χ0v) is 19.5. The van der Waals surface area contributed by atoms with Crippen molar-refractivity contribution in [2.75, 3.05) is 7.05 Å². The Morgan fingerprint density at radius 3 is 2.42 bits per heavy atom. The normalized spacial score (nSPS) is 15.3. The molecule has 13 heteroatoms. The van der Waals surface area contributed by atoms with E-state index in [4.69, 9.17) is 0 Å². The molecule has 36 heavy (non-hydrogen) atoms. The number of carbonyl (C=O) groups excluding carboxylic acids is 2. The van der Waals surface area contributed by atoms with Crippen LogP contribution in [-0.4, -0.2) is 56.2 Å². The van der Waals surface area contributed by atoms with Crippen LogP contribution in [0.15, 0.2) is 42.5 Å². The Morgan fingerprint density at radius 2 is 1.83 bits per heavy atom. The van der Waals surface area contributed by atoms with Crippen molar-refractivity contribution in [1.29, 1.82) is 0 Å². The number of hydrogen-bond acceptors (Lipinski definition) is 6. The van der Waals surface area contributed by atoms with Crippen molar-refractivity contribution in [3.8, 4) is 16.3 Å². The van der Waals surface area contributed by atoms with Crippen molar-refractivity contribution in [1.82, 2.24) is 20.0 Å². The van der Waals surface area contributed by atoms with E-state index >= 15 is 0 Å². The number of nitrogens with zero attached hydrogens (tertiary/aromatic N) is 4. The second kappa shape index (κ2) is 9.45. The van der Waals surface area contributed by atoms with Gasteiger partial charge in [-0.1, -0.05) is 41.7 Å². The van der Waals surface area contributed by atoms with Gasteiger partial charge in [0.2, 0.25) is 12.3 Å². The molecule has 3 aromatic rings. The minimum atomic E-state index is -4.76. The smallest absolute Gasteiger partial charge is 0.413 e. The second-order valence-electron chi connectivity index (χ2n) is 8.29. The number of aromatic hydroxyl groups is 1. The van der Waals surface area contributed by atoms with Crippen molar-refractivity contribution >= 4 is 23.7 Å². The van der Waals surface area contributed by atoms with E-state index in [1.165, 1.54) is 24.3 Å². The van der Waals surface area contributed by atoms with E-state index in [1.807, 2.05) is 0 Å². The highest BCUT2D eigenvalue weighted by molar-refractivity contribution is 7.14. The van der Waals surface area contributed by atoms with E-state index in [0.717, 1.165) is 35.4 Å². The van der Waals surface area contributed by atoms with E-state index < -0.39 is 41.0 Å². The van der Waals surface area contributed by atoms with Gasteiger partial charge in [0, 0.05) is 7.05 Å². The molecule has 1 aliphatic carbocycles. The molecule has 1 aliphatic rings. The van der Waals surface area contributed by atoms with E-state index in [9.17, 15) is 36.6 Å². The number of benzene rings is 2. The molecule has 1 aromatic heterocycles. The number of phenols is 1. The van der Waals surface area contributed by atoms with Gasteiger partial charge in [-0.3, -0.25) is 9.59 Å². The van der Waals surface area contributed by atoms with E-state index in [-0.39, 0.29) is 40.5 Å². The van der Waals surface area contributed by atoms with Crippen molar-refractivity contribution in [3.63, 3.8) is 0 Å². The molecule has 1 saturated carbocycles. The number of hydrogen-bond donors (Lipinski definition) is 1. The number of phenolic OH excluding ortho intramolecular Hbond substituents is 1. The molecule has 0 bridgehead atoms. The van der Waals surface area contributed by atoms with Gasteiger partial charge in [0.1, 0.15) is 10.5 Å². The molecule has 1 N–H and O–H groups in total. The van der Waals surface area contributed by atoms with Crippen LogP contribution in [-0.2, 0) is 16.1 Å². The van der Waals surface area contributed by atoms with Crippen LogP contribution in [0.1, 0.15) is 29.5 Å². The summed E-state index contributed by atoms with van der Waals surface area (Å²) in [4.78, 5) is 26.9. The number of carbonyl (C=O) groups is 2. The molecule has 190 valence electrons. The lowest BCUT2D eigenvalue weighted by Crippen LogP contribution is -2.52. The Morgan fingerprint density at radius 1 is 1.17 bits per heavy atom. The minimum absolute atomic E-state index is 0.0156. The van der Waals surface area contributed by atoms with Crippen LogP contribution < -0.4 is 0 Å². The third kappa shape index (κ3) is 4.62. The highest BCUT2D eigenvalue weighted by atomic mass is 32.1. The predicted molar refractivity (Wildman–Crippen MR) is 119 cm³/mol. The molecule has 1 unspecified atom stereocenters. The predicted octanol–water partition coefficient (Wildman–Crippen LogP) is 4.44. The molecule has 7 nitrogen and oxygen atoms in total. The van der Waals surface area contributed by atoms with Gasteiger partial charge < -0.3 is 14.9 Å². The Hall–Kier alpha value is -3.61. The monoisotopic (exact) mass is 526 g/mol. The average molecular weight is 526 g/mol. The first kappa shape index (κ1) is 25.5. The molecule has 0 radical (unpaired) electrons. The highest BCUT2D eigenvalue weighted by Gasteiger charge is 2.58. The largest absolute Gasteiger partial charge is 0.503 e. The summed E-state index contributed by atoms with van der Waals surface area (Å²) in [5.74, 6) is -4.44. The highest BCUT2D eigenvalue weighted by Crippen LogP contribution is 2.47. The Balaban J connectivity index is 1.57. The average Bonchev–Trinajstić information content (AvgIpc) is 3.52. The lowest BCUT2D eigenvalue weighted by Gasteiger charge is -2.36. The Labute approximate surface area is 205 Å². The lowest BCUT2D eigenvalue weighted by molar-refractivity contribution is -0.191. The molecular formula is C23H19F5N4O3S. The summed E-state index contributed by atoms with van der Waals surface area (Å²) < 4.78 is 69.4. The minimum Gasteiger partial charge on any atom is -0.503 e. The van der Waals surface area contributed by atoms with Crippen molar-refractivity contribution in [2.24, 2.45) is 0 Å². The quantitative estimate of drug-likeness (QED) is 0.347. The van der Waals surface area contributed by atoms with Gasteiger partial charge in [0.05, 0.1) is 12.1 Å². The molecule has 0 saturated heterocycles. The second-order valence-corrected chi connectivity index (χ2v) is 9.36. The molecule has 0 aliphatic heterocycles. The van der Waals surface area contributed by atoms with Gasteiger partial charge in [0.15, 0.2) is 28.4 Å². The van der Waals surface area contributed by atoms with Gasteiger partial charge in [-0.25, -0.2) is 8.78 Å². The van der Waals surface area contributed by atoms with Crippen molar-refractivity contribution < 1.29 is 36.6 Å².